The van der Waals surface area contributed by atoms with Gasteiger partial charge in [0.25, 0.3) is 0 Å². The van der Waals surface area contributed by atoms with Crippen LogP contribution in [-0.2, 0) is 9.47 Å². The van der Waals surface area contributed by atoms with Gasteiger partial charge in [0, 0.05) is 24.0 Å². The zero-order valence-electron chi connectivity index (χ0n) is 15.3. The van der Waals surface area contributed by atoms with Gasteiger partial charge < -0.3 is 14.4 Å². The lowest BCUT2D eigenvalue weighted by Gasteiger charge is -2.34. The largest absolute Gasteiger partial charge is 0.444 e. The summed E-state index contributed by atoms with van der Waals surface area (Å²) in [5, 5.41) is 9.55. The third-order valence-corrected chi connectivity index (χ3v) is 4.19. The SMILES string of the molecule is CC(C)(C)OC(=O)N1CCC[C@@H](CO[C@@H](C#N)c2cc(F)cc(Cl)c2)C1. The van der Waals surface area contributed by atoms with E-state index in [2.05, 4.69) is 0 Å². The van der Waals surface area contributed by atoms with Crippen molar-refractivity contribution in [3.8, 4) is 6.07 Å². The lowest BCUT2D eigenvalue weighted by Crippen LogP contribution is -2.43. The Bertz CT molecular complexity index is 664. The fourth-order valence-corrected chi connectivity index (χ4v) is 3.09. The number of nitrogens with zero attached hydrogens (tertiary/aromatic N) is 2. The highest BCUT2D eigenvalue weighted by atomic mass is 35.5. The van der Waals surface area contributed by atoms with Gasteiger partial charge in [-0.25, -0.2) is 9.18 Å². The van der Waals surface area contributed by atoms with E-state index in [9.17, 15) is 14.4 Å². The van der Waals surface area contributed by atoms with Gasteiger partial charge in [-0.1, -0.05) is 11.6 Å². The lowest BCUT2D eigenvalue weighted by atomic mass is 9.99. The molecule has 0 radical (unpaired) electrons. The van der Waals surface area contributed by atoms with E-state index in [0.29, 0.717) is 25.3 Å². The Morgan fingerprint density at radius 3 is 2.81 bits per heavy atom. The average Bonchev–Trinajstić information content (AvgIpc) is 2.53. The van der Waals surface area contributed by atoms with Crippen LogP contribution in [0.4, 0.5) is 9.18 Å². The van der Waals surface area contributed by atoms with Gasteiger partial charge in [0.15, 0.2) is 6.10 Å². The van der Waals surface area contributed by atoms with Crippen molar-refractivity contribution < 1.29 is 18.7 Å². The van der Waals surface area contributed by atoms with Gasteiger partial charge in [-0.3, -0.25) is 0 Å². The van der Waals surface area contributed by atoms with Crippen LogP contribution in [0.5, 0.6) is 0 Å². The van der Waals surface area contributed by atoms with Gasteiger partial charge in [0.2, 0.25) is 0 Å². The molecule has 1 aliphatic heterocycles. The smallest absolute Gasteiger partial charge is 0.410 e. The number of hydrogen-bond acceptors (Lipinski definition) is 4. The first-order valence-electron chi connectivity index (χ1n) is 8.63. The summed E-state index contributed by atoms with van der Waals surface area (Å²) in [7, 11) is 0. The van der Waals surface area contributed by atoms with E-state index in [4.69, 9.17) is 21.1 Å². The van der Waals surface area contributed by atoms with Crippen molar-refractivity contribution >= 4 is 17.7 Å². The van der Waals surface area contributed by atoms with Crippen LogP contribution in [-0.4, -0.2) is 36.3 Å². The predicted octanol–water partition coefficient (Wildman–Crippen LogP) is 4.71. The standard InChI is InChI=1S/C19H24ClFN2O3/c1-19(2,3)26-18(24)23-6-4-5-13(11-23)12-25-17(10-22)14-7-15(20)9-16(21)8-14/h7-9,13,17H,4-6,11-12H2,1-3H3/t13-,17+/m1/s1. The normalized spacial score (nSPS) is 18.9. The second-order valence-corrected chi connectivity index (χ2v) is 7.92. The number of amides is 1. The molecule has 7 heteroatoms. The van der Waals surface area contributed by atoms with Gasteiger partial charge in [-0.2, -0.15) is 5.26 Å². The maximum atomic E-state index is 13.5. The summed E-state index contributed by atoms with van der Waals surface area (Å²) in [4.78, 5) is 13.9. The lowest BCUT2D eigenvalue weighted by molar-refractivity contribution is 0.00169. The number of piperidine rings is 1. The Morgan fingerprint density at radius 2 is 2.19 bits per heavy atom. The molecule has 0 N–H and O–H groups in total. The van der Waals surface area contributed by atoms with Crippen LogP contribution < -0.4 is 0 Å². The van der Waals surface area contributed by atoms with Crippen LogP contribution in [0.3, 0.4) is 0 Å². The molecule has 1 fully saturated rings. The Balaban J connectivity index is 1.93. The predicted molar refractivity (Wildman–Crippen MR) is 96.2 cm³/mol. The summed E-state index contributed by atoms with van der Waals surface area (Å²) in [6.07, 6.45) is 0.494. The molecular formula is C19H24ClFN2O3. The van der Waals surface area contributed by atoms with Crippen LogP contribution in [0.15, 0.2) is 18.2 Å². The van der Waals surface area contributed by atoms with Crippen LogP contribution in [0.2, 0.25) is 5.02 Å². The van der Waals surface area contributed by atoms with E-state index in [1.165, 1.54) is 18.2 Å². The van der Waals surface area contributed by atoms with Crippen LogP contribution in [0.25, 0.3) is 0 Å². The summed E-state index contributed by atoms with van der Waals surface area (Å²) in [6.45, 7) is 6.94. The Hall–Kier alpha value is -1.84. The Kier molecular flexibility index (Phi) is 6.85. The first-order chi connectivity index (χ1) is 12.2. The molecule has 0 bridgehead atoms. The maximum absolute atomic E-state index is 13.5. The molecule has 1 aromatic rings. The van der Waals surface area contributed by atoms with E-state index in [1.807, 2.05) is 26.8 Å². The molecule has 26 heavy (non-hydrogen) atoms. The molecule has 1 heterocycles. The van der Waals surface area contributed by atoms with Crippen LogP contribution in [0.1, 0.15) is 45.3 Å². The molecule has 0 saturated carbocycles. The van der Waals surface area contributed by atoms with Crippen molar-refractivity contribution in [2.45, 2.75) is 45.3 Å². The molecule has 1 saturated heterocycles. The number of carbonyl (C=O) groups is 1. The summed E-state index contributed by atoms with van der Waals surface area (Å²) < 4.78 is 24.6. The number of hydrogen-bond donors (Lipinski definition) is 0. The Labute approximate surface area is 158 Å². The number of likely N-dealkylation sites (tertiary alicyclic amines) is 1. The maximum Gasteiger partial charge on any atom is 0.410 e. The number of rotatable bonds is 4. The molecule has 0 aliphatic carbocycles. The van der Waals surface area contributed by atoms with Crippen molar-refractivity contribution in [1.29, 1.82) is 5.26 Å². The number of carbonyl (C=O) groups excluding carboxylic acids is 1. The minimum atomic E-state index is -0.903. The molecule has 1 amide bonds. The van der Waals surface area contributed by atoms with E-state index < -0.39 is 17.5 Å². The monoisotopic (exact) mass is 382 g/mol. The first kappa shape index (κ1) is 20.5. The minimum Gasteiger partial charge on any atom is -0.444 e. The van der Waals surface area contributed by atoms with Gasteiger partial charge >= 0.3 is 6.09 Å². The third kappa shape index (κ3) is 6.15. The van der Waals surface area contributed by atoms with Crippen molar-refractivity contribution in [1.82, 2.24) is 4.90 Å². The second-order valence-electron chi connectivity index (χ2n) is 7.48. The van der Waals surface area contributed by atoms with Gasteiger partial charge in [0.1, 0.15) is 11.4 Å². The molecule has 5 nitrogen and oxygen atoms in total. The van der Waals surface area contributed by atoms with E-state index in [-0.39, 0.29) is 17.0 Å². The molecule has 0 spiro atoms. The van der Waals surface area contributed by atoms with Crippen molar-refractivity contribution in [3.63, 3.8) is 0 Å². The van der Waals surface area contributed by atoms with Crippen molar-refractivity contribution in [3.05, 3.63) is 34.6 Å². The second kappa shape index (κ2) is 8.70. The van der Waals surface area contributed by atoms with E-state index in [0.717, 1.165) is 12.8 Å². The fraction of sp³-hybridized carbons (Fsp3) is 0.579. The third-order valence-electron chi connectivity index (χ3n) is 3.97. The van der Waals surface area contributed by atoms with Crippen LogP contribution >= 0.6 is 11.6 Å². The summed E-state index contributed by atoms with van der Waals surface area (Å²) in [5.41, 5.74) is -0.152. The molecule has 142 valence electrons. The summed E-state index contributed by atoms with van der Waals surface area (Å²) in [5.74, 6) is -0.415. The quantitative estimate of drug-likeness (QED) is 0.756. The average molecular weight is 383 g/mol. The van der Waals surface area contributed by atoms with E-state index in [1.54, 1.807) is 4.90 Å². The molecule has 0 aromatic heterocycles. The molecule has 2 rings (SSSR count). The zero-order chi connectivity index (χ0) is 19.3. The first-order valence-corrected chi connectivity index (χ1v) is 9.01. The minimum absolute atomic E-state index is 0.0937. The summed E-state index contributed by atoms with van der Waals surface area (Å²) >= 11 is 5.84. The van der Waals surface area contributed by atoms with E-state index >= 15 is 0 Å². The van der Waals surface area contributed by atoms with Gasteiger partial charge in [-0.15, -0.1) is 0 Å². The zero-order valence-corrected chi connectivity index (χ0v) is 16.1. The van der Waals surface area contributed by atoms with Gasteiger partial charge in [0.05, 0.1) is 12.7 Å². The van der Waals surface area contributed by atoms with Crippen molar-refractivity contribution in [2.75, 3.05) is 19.7 Å². The number of nitriles is 1. The summed E-state index contributed by atoms with van der Waals surface area (Å²) in [6, 6.07) is 5.97. The van der Waals surface area contributed by atoms with Crippen LogP contribution in [0, 0.1) is 23.1 Å². The number of benzene rings is 1. The molecule has 1 aromatic carbocycles. The van der Waals surface area contributed by atoms with Gasteiger partial charge in [-0.05, 0) is 57.4 Å². The molecular weight excluding hydrogens is 359 g/mol. The molecule has 1 aliphatic rings. The highest BCUT2D eigenvalue weighted by molar-refractivity contribution is 6.30. The highest BCUT2D eigenvalue weighted by Gasteiger charge is 2.28. The topological polar surface area (TPSA) is 62.6 Å². The fourth-order valence-electron chi connectivity index (χ4n) is 2.86. The molecule has 0 unspecified atom stereocenters. The number of halogens is 2. The Morgan fingerprint density at radius 1 is 1.46 bits per heavy atom. The number of ether oxygens (including phenoxy) is 2. The van der Waals surface area contributed by atoms with Crippen molar-refractivity contribution in [2.24, 2.45) is 5.92 Å². The molecule has 2 atom stereocenters. The highest BCUT2D eigenvalue weighted by Crippen LogP contribution is 2.25.